The first kappa shape index (κ1) is 21.3. The molecule has 1 aliphatic heterocycles. The number of hydrogen-bond donors (Lipinski definition) is 2. The zero-order valence-electron chi connectivity index (χ0n) is 16.6. The van der Waals surface area contributed by atoms with E-state index in [1.807, 2.05) is 0 Å². The number of nitrogens with zero attached hydrogens (tertiary/aromatic N) is 1. The Balaban J connectivity index is 1.93. The summed E-state index contributed by atoms with van der Waals surface area (Å²) in [4.78, 5) is 21.1. The second-order valence-corrected chi connectivity index (χ2v) is 7.66. The molecule has 3 aromatic rings. The number of fused-ring (bicyclic) bond motifs is 1. The molecule has 0 bridgehead atoms. The van der Waals surface area contributed by atoms with Crippen molar-refractivity contribution in [3.63, 3.8) is 0 Å². The van der Waals surface area contributed by atoms with Gasteiger partial charge in [0.2, 0.25) is 11.4 Å². The molecule has 0 saturated carbocycles. The Morgan fingerprint density at radius 2 is 1.97 bits per heavy atom. The topological polar surface area (TPSA) is 80.0 Å². The monoisotopic (exact) mass is 443 g/mol. The van der Waals surface area contributed by atoms with Gasteiger partial charge < -0.3 is 19.4 Å². The van der Waals surface area contributed by atoms with Gasteiger partial charge in [-0.25, -0.2) is 9.37 Å². The first-order valence-electron chi connectivity index (χ1n) is 9.32. The lowest BCUT2D eigenvalue weighted by Crippen LogP contribution is -2.46. The zero-order chi connectivity index (χ0) is 22.7. The van der Waals surface area contributed by atoms with Gasteiger partial charge in [0.1, 0.15) is 11.9 Å². The van der Waals surface area contributed by atoms with Crippen LogP contribution in [0.2, 0.25) is 0 Å². The number of benzene rings is 1. The Bertz CT molecular complexity index is 1200. The van der Waals surface area contributed by atoms with Crippen molar-refractivity contribution in [1.82, 2.24) is 15.0 Å². The number of pyridine rings is 1. The van der Waals surface area contributed by atoms with Gasteiger partial charge in [-0.05, 0) is 13.0 Å². The third kappa shape index (κ3) is 3.18. The summed E-state index contributed by atoms with van der Waals surface area (Å²) in [6.45, 7) is 2.23. The maximum Gasteiger partial charge on any atom is 0.417 e. The van der Waals surface area contributed by atoms with Gasteiger partial charge >= 0.3 is 6.18 Å². The minimum atomic E-state index is -4.76. The fraction of sp³-hybridized carbons (Fsp3) is 0.400. The summed E-state index contributed by atoms with van der Waals surface area (Å²) in [6, 6.07) is 3.20. The van der Waals surface area contributed by atoms with Crippen LogP contribution in [0.3, 0.4) is 0 Å². The van der Waals surface area contributed by atoms with E-state index in [9.17, 15) is 26.7 Å². The molecule has 6 nitrogen and oxygen atoms in total. The van der Waals surface area contributed by atoms with Crippen LogP contribution in [0.15, 0.2) is 29.2 Å². The highest BCUT2D eigenvalue weighted by Crippen LogP contribution is 2.59. The van der Waals surface area contributed by atoms with Crippen molar-refractivity contribution in [3.8, 4) is 5.75 Å². The lowest BCUT2D eigenvalue weighted by atomic mass is 9.77. The summed E-state index contributed by atoms with van der Waals surface area (Å²) >= 11 is 0. The normalized spacial score (nSPS) is 26.5. The number of alkyl halides is 3. The predicted octanol–water partition coefficient (Wildman–Crippen LogP) is 4.35. The van der Waals surface area contributed by atoms with Gasteiger partial charge in [-0.1, -0.05) is 13.0 Å². The number of rotatable bonds is 3. The Morgan fingerprint density at radius 1 is 1.26 bits per heavy atom. The van der Waals surface area contributed by atoms with E-state index >= 15 is 0 Å². The molecule has 1 fully saturated rings. The average Bonchev–Trinajstić information content (AvgIpc) is 3.23. The van der Waals surface area contributed by atoms with Crippen LogP contribution in [0.25, 0.3) is 11.0 Å². The number of halogens is 5. The number of aromatic nitrogens is 3. The fourth-order valence-corrected chi connectivity index (χ4v) is 4.13. The smallest absolute Gasteiger partial charge is 0.417 e. The average molecular weight is 443 g/mol. The van der Waals surface area contributed by atoms with E-state index in [0.717, 1.165) is 20.1 Å². The number of nitrogens with one attached hydrogen (secondary N) is 2. The van der Waals surface area contributed by atoms with Crippen LogP contribution >= 0.6 is 0 Å². The summed E-state index contributed by atoms with van der Waals surface area (Å²) in [7, 11) is 1.10. The fourth-order valence-electron chi connectivity index (χ4n) is 4.13. The van der Waals surface area contributed by atoms with E-state index in [4.69, 9.17) is 9.47 Å². The maximum absolute atomic E-state index is 14.4. The molecule has 1 aliphatic rings. The van der Waals surface area contributed by atoms with Crippen LogP contribution in [-0.4, -0.2) is 33.8 Å². The Kier molecular flexibility index (Phi) is 4.84. The molecule has 1 aromatic carbocycles. The van der Waals surface area contributed by atoms with Crippen molar-refractivity contribution >= 4 is 11.0 Å². The largest absolute Gasteiger partial charge is 0.493 e. The molecule has 31 heavy (non-hydrogen) atoms. The van der Waals surface area contributed by atoms with Gasteiger partial charge in [0.15, 0.2) is 17.2 Å². The number of methoxy groups -OCH3 is 1. The van der Waals surface area contributed by atoms with Gasteiger partial charge in [-0.3, -0.25) is 4.79 Å². The first-order chi connectivity index (χ1) is 14.5. The highest BCUT2D eigenvalue weighted by atomic mass is 19.4. The number of ether oxygens (including phenoxy) is 2. The van der Waals surface area contributed by atoms with E-state index in [0.29, 0.717) is 5.52 Å². The number of hydrogen-bond acceptors (Lipinski definition) is 4. The van der Waals surface area contributed by atoms with Gasteiger partial charge in [0, 0.05) is 29.7 Å². The number of H-pyrrole nitrogens is 2. The van der Waals surface area contributed by atoms with Gasteiger partial charge in [0.05, 0.1) is 18.1 Å². The van der Waals surface area contributed by atoms with Gasteiger partial charge in [-0.2, -0.15) is 17.6 Å². The molecular formula is C20H18F5N3O3. The molecule has 3 heterocycles. The Hall–Kier alpha value is -2.95. The molecule has 0 aliphatic carbocycles. The molecule has 0 amide bonds. The van der Waals surface area contributed by atoms with Gasteiger partial charge in [0.25, 0.3) is 0 Å². The molecule has 166 valence electrons. The second-order valence-electron chi connectivity index (χ2n) is 7.66. The molecule has 4 atom stereocenters. The molecule has 2 aromatic heterocycles. The summed E-state index contributed by atoms with van der Waals surface area (Å²) in [5, 5.41) is 0. The van der Waals surface area contributed by atoms with Crippen LogP contribution < -0.4 is 10.3 Å². The van der Waals surface area contributed by atoms with Crippen molar-refractivity contribution in [2.24, 2.45) is 5.92 Å². The minimum absolute atomic E-state index is 0.0170. The third-order valence-corrected chi connectivity index (χ3v) is 5.99. The van der Waals surface area contributed by atoms with E-state index in [-0.39, 0.29) is 16.9 Å². The van der Waals surface area contributed by atoms with Crippen molar-refractivity contribution in [1.29, 1.82) is 0 Å². The Labute approximate surface area is 172 Å². The quantitative estimate of drug-likeness (QED) is 0.590. The Morgan fingerprint density at radius 3 is 2.61 bits per heavy atom. The maximum atomic E-state index is 14.4. The number of aromatic amines is 2. The second kappa shape index (κ2) is 7.04. The molecule has 0 radical (unpaired) electrons. The van der Waals surface area contributed by atoms with Gasteiger partial charge in [-0.15, -0.1) is 0 Å². The molecular weight excluding hydrogens is 425 g/mol. The summed E-state index contributed by atoms with van der Waals surface area (Å²) in [5.74, 6) is -5.28. The van der Waals surface area contributed by atoms with Crippen LogP contribution in [0, 0.1) is 17.6 Å². The van der Waals surface area contributed by atoms with E-state index in [2.05, 4.69) is 15.0 Å². The van der Waals surface area contributed by atoms with E-state index in [1.54, 1.807) is 0 Å². The van der Waals surface area contributed by atoms with Crippen LogP contribution in [0.4, 0.5) is 22.0 Å². The molecule has 2 N–H and O–H groups in total. The molecule has 0 spiro atoms. The van der Waals surface area contributed by atoms with Crippen molar-refractivity contribution in [2.45, 2.75) is 37.6 Å². The third-order valence-electron chi connectivity index (χ3n) is 5.99. The lowest BCUT2D eigenvalue weighted by molar-refractivity contribution is -0.275. The molecule has 4 rings (SSSR count). The number of imidazole rings is 1. The van der Waals surface area contributed by atoms with Crippen molar-refractivity contribution in [3.05, 3.63) is 57.8 Å². The van der Waals surface area contributed by atoms with Crippen LogP contribution in [-0.2, 0) is 4.74 Å². The van der Waals surface area contributed by atoms with E-state index in [1.165, 1.54) is 25.3 Å². The standard InChI is InChI=1S/C20H18F5N3O3/c1-8-14(9-4-5-10(21)15(22)16(9)30-3)17(31-19(8,2)20(23,24)25)18-27-11-6-13(29)26-7-12(11)28-18/h4-8,14,17H,1-3H3,(H,26,29)(H,27,28)/t8-,14-,17+,19+/m0/s1. The zero-order valence-corrected chi connectivity index (χ0v) is 16.6. The molecule has 11 heteroatoms. The van der Waals surface area contributed by atoms with E-state index < -0.39 is 52.7 Å². The van der Waals surface area contributed by atoms with Crippen molar-refractivity contribution < 1.29 is 31.4 Å². The SMILES string of the molecule is COc1c([C@H]2[C@H](c3nc4cc(=O)[nH]cc4[nH]3)O[C@@](C)(C(F)(F)F)[C@H]2C)ccc(F)c1F. The summed E-state index contributed by atoms with van der Waals surface area (Å²) in [5.41, 5.74) is -2.42. The summed E-state index contributed by atoms with van der Waals surface area (Å²) in [6.07, 6.45) is -4.72. The molecule has 1 saturated heterocycles. The van der Waals surface area contributed by atoms with Crippen LogP contribution in [0.5, 0.6) is 5.75 Å². The summed E-state index contributed by atoms with van der Waals surface area (Å²) < 4.78 is 80.6. The predicted molar refractivity (Wildman–Crippen MR) is 99.8 cm³/mol. The molecule has 0 unspecified atom stereocenters. The lowest BCUT2D eigenvalue weighted by Gasteiger charge is -2.32. The first-order valence-corrected chi connectivity index (χ1v) is 9.32. The highest BCUT2D eigenvalue weighted by molar-refractivity contribution is 5.73. The van der Waals surface area contributed by atoms with Crippen LogP contribution in [0.1, 0.15) is 37.3 Å². The minimum Gasteiger partial charge on any atom is -0.493 e. The highest BCUT2D eigenvalue weighted by Gasteiger charge is 2.65. The van der Waals surface area contributed by atoms with Crippen molar-refractivity contribution in [2.75, 3.05) is 7.11 Å².